The highest BCUT2D eigenvalue weighted by Crippen LogP contribution is 2.18. The molecule has 4 aromatic rings. The van der Waals surface area contributed by atoms with Crippen molar-refractivity contribution in [3.63, 3.8) is 0 Å². The van der Waals surface area contributed by atoms with Crippen molar-refractivity contribution in [1.29, 1.82) is 0 Å². The van der Waals surface area contributed by atoms with Gasteiger partial charge in [-0.15, -0.1) is 11.3 Å². The second-order valence-corrected chi connectivity index (χ2v) is 8.20. The molecule has 0 aliphatic carbocycles. The zero-order chi connectivity index (χ0) is 22.9. The van der Waals surface area contributed by atoms with E-state index >= 15 is 0 Å². The third-order valence-electron chi connectivity index (χ3n) is 4.79. The fourth-order valence-electron chi connectivity index (χ4n) is 3.12. The Bertz CT molecular complexity index is 1210. The van der Waals surface area contributed by atoms with Gasteiger partial charge < -0.3 is 10.1 Å². The summed E-state index contributed by atoms with van der Waals surface area (Å²) in [5.74, 6) is 0.385. The first kappa shape index (κ1) is 22.2. The van der Waals surface area contributed by atoms with E-state index in [0.29, 0.717) is 29.5 Å². The summed E-state index contributed by atoms with van der Waals surface area (Å²) in [7, 11) is 0. The highest BCUT2D eigenvalue weighted by Gasteiger charge is 2.11. The van der Waals surface area contributed by atoms with Crippen molar-refractivity contribution in [3.05, 3.63) is 113 Å². The number of hydrogen-bond acceptors (Lipinski definition) is 5. The highest BCUT2D eigenvalue weighted by atomic mass is 32.1. The van der Waals surface area contributed by atoms with E-state index in [-0.39, 0.29) is 18.2 Å². The van der Waals surface area contributed by atoms with Crippen molar-refractivity contribution in [2.45, 2.75) is 19.6 Å². The molecule has 2 N–H and O–H groups in total. The van der Waals surface area contributed by atoms with Gasteiger partial charge in [0, 0.05) is 17.5 Å². The smallest absolute Gasteiger partial charge is 0.257 e. The number of amides is 2. The molecular weight excluding hydrogens is 434 g/mol. The van der Waals surface area contributed by atoms with Gasteiger partial charge >= 0.3 is 0 Å². The standard InChI is InChI=1S/C26H23N3O3S/c30-24(15-22-18-33-26(28-22)29-25(31)21-11-5-2-6-12-21)27-16-20-10-7-13-23(14-20)32-17-19-8-3-1-4-9-19/h1-14,18H,15-17H2,(H,27,30)(H,28,29,31). The number of carbonyl (C=O) groups excluding carboxylic acids is 2. The van der Waals surface area contributed by atoms with Crippen LogP contribution in [0.2, 0.25) is 0 Å². The van der Waals surface area contributed by atoms with Gasteiger partial charge in [0.1, 0.15) is 12.4 Å². The van der Waals surface area contributed by atoms with Crippen molar-refractivity contribution in [1.82, 2.24) is 10.3 Å². The van der Waals surface area contributed by atoms with Crippen LogP contribution in [0.4, 0.5) is 5.13 Å². The van der Waals surface area contributed by atoms with Gasteiger partial charge in [0.05, 0.1) is 12.1 Å². The Morgan fingerprint density at radius 2 is 1.61 bits per heavy atom. The molecule has 1 heterocycles. The number of rotatable bonds is 9. The Hall–Kier alpha value is -3.97. The van der Waals surface area contributed by atoms with Crippen molar-refractivity contribution in [2.24, 2.45) is 0 Å². The average molecular weight is 458 g/mol. The molecule has 4 rings (SSSR count). The summed E-state index contributed by atoms with van der Waals surface area (Å²) in [6.07, 6.45) is 0.141. The van der Waals surface area contributed by atoms with Gasteiger partial charge in [0.2, 0.25) is 5.91 Å². The van der Waals surface area contributed by atoms with Gasteiger partial charge in [-0.05, 0) is 35.4 Å². The van der Waals surface area contributed by atoms with Crippen LogP contribution >= 0.6 is 11.3 Å². The van der Waals surface area contributed by atoms with Crippen LogP contribution in [0.1, 0.15) is 27.2 Å². The lowest BCUT2D eigenvalue weighted by molar-refractivity contribution is -0.120. The molecule has 0 radical (unpaired) electrons. The number of thiazole rings is 1. The van der Waals surface area contributed by atoms with Crippen LogP contribution in [0.5, 0.6) is 5.75 Å². The summed E-state index contributed by atoms with van der Waals surface area (Å²) in [6.45, 7) is 0.882. The van der Waals surface area contributed by atoms with Gasteiger partial charge in [-0.2, -0.15) is 0 Å². The predicted molar refractivity (Wildman–Crippen MR) is 129 cm³/mol. The van der Waals surface area contributed by atoms with Gasteiger partial charge in [0.25, 0.3) is 5.91 Å². The molecule has 166 valence electrons. The molecule has 2 amide bonds. The molecule has 0 fully saturated rings. The molecule has 0 aliphatic rings. The first-order chi connectivity index (χ1) is 16.2. The maximum Gasteiger partial charge on any atom is 0.257 e. The van der Waals surface area contributed by atoms with Crippen molar-refractivity contribution < 1.29 is 14.3 Å². The fraction of sp³-hybridized carbons (Fsp3) is 0.115. The molecule has 1 aromatic heterocycles. The number of hydrogen-bond donors (Lipinski definition) is 2. The Labute approximate surface area is 196 Å². The summed E-state index contributed by atoms with van der Waals surface area (Å²) in [4.78, 5) is 28.9. The molecule has 0 aliphatic heterocycles. The molecule has 0 saturated heterocycles. The van der Waals surface area contributed by atoms with E-state index in [9.17, 15) is 9.59 Å². The minimum absolute atomic E-state index is 0.141. The molecule has 0 atom stereocenters. The van der Waals surface area contributed by atoms with E-state index in [4.69, 9.17) is 4.74 Å². The van der Waals surface area contributed by atoms with Gasteiger partial charge in [0.15, 0.2) is 5.13 Å². The van der Waals surface area contributed by atoms with Crippen molar-refractivity contribution in [2.75, 3.05) is 5.32 Å². The molecule has 7 heteroatoms. The maximum atomic E-state index is 12.4. The quantitative estimate of drug-likeness (QED) is 0.377. The van der Waals surface area contributed by atoms with E-state index in [0.717, 1.165) is 16.9 Å². The van der Waals surface area contributed by atoms with E-state index in [2.05, 4.69) is 15.6 Å². The van der Waals surface area contributed by atoms with Gasteiger partial charge in [-0.25, -0.2) is 4.98 Å². The zero-order valence-electron chi connectivity index (χ0n) is 17.9. The van der Waals surface area contributed by atoms with Crippen LogP contribution in [0, 0.1) is 0 Å². The van der Waals surface area contributed by atoms with Crippen LogP contribution in [0.3, 0.4) is 0 Å². The normalized spacial score (nSPS) is 10.4. The van der Waals surface area contributed by atoms with E-state index in [1.807, 2.05) is 60.7 Å². The minimum Gasteiger partial charge on any atom is -0.489 e. The minimum atomic E-state index is -0.227. The summed E-state index contributed by atoms with van der Waals surface area (Å²) in [5, 5.41) is 7.91. The predicted octanol–water partition coefficient (Wildman–Crippen LogP) is 4.83. The monoisotopic (exact) mass is 457 g/mol. The number of ether oxygens (including phenoxy) is 1. The summed E-state index contributed by atoms with van der Waals surface area (Å²) in [5.41, 5.74) is 3.21. The third-order valence-corrected chi connectivity index (χ3v) is 5.59. The van der Waals surface area contributed by atoms with Crippen molar-refractivity contribution >= 4 is 28.3 Å². The van der Waals surface area contributed by atoms with E-state index < -0.39 is 0 Å². The number of nitrogens with one attached hydrogen (secondary N) is 2. The van der Waals surface area contributed by atoms with Crippen LogP contribution in [-0.4, -0.2) is 16.8 Å². The lowest BCUT2D eigenvalue weighted by Gasteiger charge is -2.09. The summed E-state index contributed by atoms with van der Waals surface area (Å²) >= 11 is 1.29. The lowest BCUT2D eigenvalue weighted by atomic mass is 10.2. The molecule has 0 unspecified atom stereocenters. The summed E-state index contributed by atoms with van der Waals surface area (Å²) in [6, 6.07) is 26.6. The summed E-state index contributed by atoms with van der Waals surface area (Å²) < 4.78 is 5.85. The Morgan fingerprint density at radius 1 is 0.879 bits per heavy atom. The highest BCUT2D eigenvalue weighted by molar-refractivity contribution is 7.14. The number of anilines is 1. The average Bonchev–Trinajstić information content (AvgIpc) is 3.29. The SMILES string of the molecule is O=C(Cc1csc(NC(=O)c2ccccc2)n1)NCc1cccc(OCc2ccccc2)c1. The maximum absolute atomic E-state index is 12.4. The Balaban J connectivity index is 1.25. The first-order valence-corrected chi connectivity index (χ1v) is 11.4. The van der Waals surface area contributed by atoms with Gasteiger partial charge in [-0.3, -0.25) is 14.9 Å². The second kappa shape index (κ2) is 11.1. The molecule has 33 heavy (non-hydrogen) atoms. The largest absolute Gasteiger partial charge is 0.489 e. The number of nitrogens with zero attached hydrogens (tertiary/aromatic N) is 1. The van der Waals surface area contributed by atoms with Gasteiger partial charge in [-0.1, -0.05) is 60.7 Å². The molecular formula is C26H23N3O3S. The second-order valence-electron chi connectivity index (χ2n) is 7.34. The number of carbonyl (C=O) groups is 2. The number of aromatic nitrogens is 1. The molecule has 0 spiro atoms. The molecule has 3 aromatic carbocycles. The zero-order valence-corrected chi connectivity index (χ0v) is 18.7. The first-order valence-electron chi connectivity index (χ1n) is 10.5. The molecule has 6 nitrogen and oxygen atoms in total. The fourth-order valence-corrected chi connectivity index (χ4v) is 3.82. The van der Waals surface area contributed by atoms with Crippen LogP contribution in [0.25, 0.3) is 0 Å². The van der Waals surface area contributed by atoms with Crippen LogP contribution in [-0.2, 0) is 24.4 Å². The van der Waals surface area contributed by atoms with Crippen LogP contribution in [0.15, 0.2) is 90.3 Å². The number of benzene rings is 3. The molecule has 0 saturated carbocycles. The lowest BCUT2D eigenvalue weighted by Crippen LogP contribution is -2.24. The van der Waals surface area contributed by atoms with Crippen molar-refractivity contribution in [3.8, 4) is 5.75 Å². The van der Waals surface area contributed by atoms with E-state index in [1.54, 1.807) is 29.6 Å². The Kier molecular flexibility index (Phi) is 7.45. The molecule has 0 bridgehead atoms. The van der Waals surface area contributed by atoms with Crippen LogP contribution < -0.4 is 15.4 Å². The Morgan fingerprint density at radius 3 is 2.39 bits per heavy atom. The topological polar surface area (TPSA) is 80.3 Å². The van der Waals surface area contributed by atoms with E-state index in [1.165, 1.54) is 11.3 Å². The third kappa shape index (κ3) is 6.75.